The van der Waals surface area contributed by atoms with Gasteiger partial charge in [0, 0.05) is 5.56 Å². The van der Waals surface area contributed by atoms with Gasteiger partial charge in [-0.3, -0.25) is 0 Å². The Morgan fingerprint density at radius 2 is 1.71 bits per heavy atom. The van der Waals surface area contributed by atoms with Crippen molar-refractivity contribution in [2.45, 2.75) is 24.9 Å². The number of hydrogen-bond donors (Lipinski definition) is 1. The molecule has 0 aliphatic carbocycles. The normalized spacial score (nSPS) is 12.4. The Morgan fingerprint density at radius 1 is 1.14 bits per heavy atom. The van der Waals surface area contributed by atoms with Crippen LogP contribution in [0.15, 0.2) is 33.7 Å². The highest BCUT2D eigenvalue weighted by atomic mass is 32.2. The fourth-order valence-corrected chi connectivity index (χ4v) is 2.56. The van der Waals surface area contributed by atoms with Crippen LogP contribution < -0.4 is 4.72 Å². The lowest BCUT2D eigenvalue weighted by Gasteiger charge is -2.09. The third-order valence-corrected chi connectivity index (χ3v) is 4.22. The summed E-state index contributed by atoms with van der Waals surface area (Å²) in [6.45, 7) is 3.24. The summed E-state index contributed by atoms with van der Waals surface area (Å²) in [4.78, 5) is -0.302. The second-order valence-electron chi connectivity index (χ2n) is 4.35. The SMILES string of the molecule is Cc1noc(NS(=O)(=O)c2ccc(C(F)(F)F)cc2)c1C. The summed E-state index contributed by atoms with van der Waals surface area (Å²) in [6.07, 6.45) is -4.52. The molecule has 0 amide bonds. The average molecular weight is 320 g/mol. The number of aryl methyl sites for hydroxylation is 1. The topological polar surface area (TPSA) is 72.2 Å². The monoisotopic (exact) mass is 320 g/mol. The predicted octanol–water partition coefficient (Wildman–Crippen LogP) is 3.11. The number of nitrogens with zero attached hydrogens (tertiary/aromatic N) is 1. The number of anilines is 1. The Balaban J connectivity index is 2.30. The van der Waals surface area contributed by atoms with Crippen molar-refractivity contribution in [3.63, 3.8) is 0 Å². The molecule has 1 aromatic heterocycles. The van der Waals surface area contributed by atoms with Crippen molar-refractivity contribution in [1.82, 2.24) is 5.16 Å². The summed E-state index contributed by atoms with van der Waals surface area (Å²) < 4.78 is 68.3. The second-order valence-corrected chi connectivity index (χ2v) is 6.03. The van der Waals surface area contributed by atoms with Crippen LogP contribution in [0.1, 0.15) is 16.8 Å². The van der Waals surface area contributed by atoms with Gasteiger partial charge in [-0.15, -0.1) is 0 Å². The summed E-state index contributed by atoms with van der Waals surface area (Å²) in [6, 6.07) is 3.16. The van der Waals surface area contributed by atoms with E-state index in [0.717, 1.165) is 12.1 Å². The first-order chi connectivity index (χ1) is 9.61. The number of benzene rings is 1. The molecule has 1 aromatic carbocycles. The minimum Gasteiger partial charge on any atom is -0.337 e. The van der Waals surface area contributed by atoms with Gasteiger partial charge in [0.2, 0.25) is 5.88 Å². The summed E-state index contributed by atoms with van der Waals surface area (Å²) in [5.74, 6) is -0.0626. The molecule has 0 aliphatic rings. The number of aromatic nitrogens is 1. The van der Waals surface area contributed by atoms with Crippen LogP contribution in [0, 0.1) is 13.8 Å². The largest absolute Gasteiger partial charge is 0.416 e. The van der Waals surface area contributed by atoms with Gasteiger partial charge in [0.05, 0.1) is 16.2 Å². The van der Waals surface area contributed by atoms with Gasteiger partial charge in [-0.1, -0.05) is 5.16 Å². The van der Waals surface area contributed by atoms with Gasteiger partial charge >= 0.3 is 6.18 Å². The van der Waals surface area contributed by atoms with E-state index in [9.17, 15) is 21.6 Å². The van der Waals surface area contributed by atoms with Crippen LogP contribution in [-0.4, -0.2) is 13.6 Å². The minimum absolute atomic E-state index is 0.0626. The maximum Gasteiger partial charge on any atom is 0.416 e. The molecule has 5 nitrogen and oxygen atoms in total. The third-order valence-electron chi connectivity index (χ3n) is 2.88. The van der Waals surface area contributed by atoms with Gasteiger partial charge in [-0.2, -0.15) is 13.2 Å². The van der Waals surface area contributed by atoms with Crippen LogP contribution in [0.5, 0.6) is 0 Å². The van der Waals surface area contributed by atoms with Crippen LogP contribution in [0.25, 0.3) is 0 Å². The number of halogens is 3. The van der Waals surface area contributed by atoms with Crippen LogP contribution in [0.3, 0.4) is 0 Å². The maximum absolute atomic E-state index is 12.4. The molecular weight excluding hydrogens is 309 g/mol. The van der Waals surface area contributed by atoms with E-state index in [-0.39, 0.29) is 10.8 Å². The Morgan fingerprint density at radius 3 is 2.14 bits per heavy atom. The van der Waals surface area contributed by atoms with Crippen molar-refractivity contribution in [2.24, 2.45) is 0 Å². The molecule has 2 rings (SSSR count). The molecule has 0 spiro atoms. The van der Waals surface area contributed by atoms with E-state index in [1.165, 1.54) is 0 Å². The van der Waals surface area contributed by atoms with E-state index in [1.54, 1.807) is 13.8 Å². The lowest BCUT2D eigenvalue weighted by atomic mass is 10.2. The van der Waals surface area contributed by atoms with E-state index in [2.05, 4.69) is 9.88 Å². The van der Waals surface area contributed by atoms with Gasteiger partial charge in [0.1, 0.15) is 0 Å². The van der Waals surface area contributed by atoms with Gasteiger partial charge in [-0.25, -0.2) is 13.1 Å². The van der Waals surface area contributed by atoms with Crippen LogP contribution in [-0.2, 0) is 16.2 Å². The molecule has 0 atom stereocenters. The minimum atomic E-state index is -4.52. The number of alkyl halides is 3. The molecule has 1 heterocycles. The number of nitrogens with one attached hydrogen (secondary N) is 1. The van der Waals surface area contributed by atoms with Crippen LogP contribution in [0.2, 0.25) is 0 Å². The van der Waals surface area contributed by atoms with Gasteiger partial charge in [0.15, 0.2) is 0 Å². The molecule has 9 heteroatoms. The van der Waals surface area contributed by atoms with Gasteiger partial charge < -0.3 is 4.52 Å². The quantitative estimate of drug-likeness (QED) is 0.943. The molecule has 0 radical (unpaired) electrons. The van der Waals surface area contributed by atoms with Crippen LogP contribution in [0.4, 0.5) is 19.1 Å². The highest BCUT2D eigenvalue weighted by molar-refractivity contribution is 7.92. The standard InChI is InChI=1S/C12H11F3N2O3S/c1-7-8(2)16-20-11(7)17-21(18,19)10-5-3-9(4-6-10)12(13,14)15/h3-6,17H,1-2H3. The van der Waals surface area contributed by atoms with Crippen molar-refractivity contribution >= 4 is 15.9 Å². The molecule has 0 saturated heterocycles. The third kappa shape index (κ3) is 3.18. The van der Waals surface area contributed by atoms with Crippen molar-refractivity contribution in [1.29, 1.82) is 0 Å². The van der Waals surface area contributed by atoms with E-state index < -0.39 is 21.8 Å². The van der Waals surface area contributed by atoms with Crippen molar-refractivity contribution < 1.29 is 26.1 Å². The van der Waals surface area contributed by atoms with Crippen molar-refractivity contribution in [2.75, 3.05) is 4.72 Å². The molecular formula is C12H11F3N2O3S. The summed E-state index contributed by atoms with van der Waals surface area (Å²) in [5.41, 5.74) is 0.0961. The Kier molecular flexibility index (Phi) is 3.70. The number of sulfonamides is 1. The Labute approximate surface area is 118 Å². The maximum atomic E-state index is 12.4. The second kappa shape index (κ2) is 5.06. The highest BCUT2D eigenvalue weighted by Crippen LogP contribution is 2.30. The number of hydrogen-bond acceptors (Lipinski definition) is 4. The zero-order valence-corrected chi connectivity index (χ0v) is 11.8. The zero-order chi connectivity index (χ0) is 15.8. The van der Waals surface area contributed by atoms with E-state index in [1.807, 2.05) is 0 Å². The first-order valence-electron chi connectivity index (χ1n) is 5.74. The molecule has 2 aromatic rings. The molecule has 0 unspecified atom stereocenters. The first-order valence-corrected chi connectivity index (χ1v) is 7.22. The van der Waals surface area contributed by atoms with Crippen molar-refractivity contribution in [3.8, 4) is 0 Å². The molecule has 0 aliphatic heterocycles. The first kappa shape index (κ1) is 15.4. The predicted molar refractivity (Wildman–Crippen MR) is 68.2 cm³/mol. The molecule has 114 valence electrons. The average Bonchev–Trinajstić information content (AvgIpc) is 2.69. The molecule has 0 fully saturated rings. The lowest BCUT2D eigenvalue weighted by molar-refractivity contribution is -0.137. The van der Waals surface area contributed by atoms with E-state index in [4.69, 9.17) is 4.52 Å². The Hall–Kier alpha value is -2.03. The zero-order valence-electron chi connectivity index (χ0n) is 11.0. The molecule has 0 saturated carbocycles. The highest BCUT2D eigenvalue weighted by Gasteiger charge is 2.30. The summed E-state index contributed by atoms with van der Waals surface area (Å²) >= 11 is 0. The summed E-state index contributed by atoms with van der Waals surface area (Å²) in [5, 5.41) is 3.59. The van der Waals surface area contributed by atoms with Gasteiger partial charge in [0.25, 0.3) is 10.0 Å². The molecule has 0 bridgehead atoms. The smallest absolute Gasteiger partial charge is 0.337 e. The van der Waals surface area contributed by atoms with Crippen LogP contribution >= 0.6 is 0 Å². The van der Waals surface area contributed by atoms with E-state index in [0.29, 0.717) is 23.4 Å². The lowest BCUT2D eigenvalue weighted by Crippen LogP contribution is -2.14. The fraction of sp³-hybridized carbons (Fsp3) is 0.250. The van der Waals surface area contributed by atoms with Crippen molar-refractivity contribution in [3.05, 3.63) is 41.1 Å². The van der Waals surface area contributed by atoms with E-state index >= 15 is 0 Å². The molecule has 21 heavy (non-hydrogen) atoms. The number of rotatable bonds is 3. The molecule has 1 N–H and O–H groups in total. The Bertz CT molecular complexity index is 749. The fourth-order valence-electron chi connectivity index (χ4n) is 1.51. The summed E-state index contributed by atoms with van der Waals surface area (Å²) in [7, 11) is -4.04. The van der Waals surface area contributed by atoms with Gasteiger partial charge in [-0.05, 0) is 38.1 Å².